The third kappa shape index (κ3) is 5.62. The maximum atomic E-state index is 13.0. The van der Waals surface area contributed by atoms with Gasteiger partial charge in [0, 0.05) is 30.6 Å². The number of hydrogen-bond acceptors (Lipinski definition) is 5. The number of carbonyl (C=O) groups excluding carboxylic acids is 3. The van der Waals surface area contributed by atoms with Crippen molar-refractivity contribution >= 4 is 17.7 Å². The molecule has 7 nitrogen and oxygen atoms in total. The lowest BCUT2D eigenvalue weighted by Gasteiger charge is -2.38. The standard InChI is InChI=1S/C27H35F2N3O4/c28-27(29)36-20-8-6-19(7-9-20)30-22-4-2-1-3-17(22)13-16-5-10-21-18(14-16)15-32(26(21)35)23-11-12-24(33)31-25(23)34/h5,10,14,17,19-20,22-23,27,30H,1-4,6-9,11-13,15H2,(H,31,33,34)/t17-,19?,20?,22+,23+/m1/s1. The second-order valence-corrected chi connectivity index (χ2v) is 10.8. The summed E-state index contributed by atoms with van der Waals surface area (Å²) >= 11 is 0. The van der Waals surface area contributed by atoms with E-state index in [9.17, 15) is 23.2 Å². The van der Waals surface area contributed by atoms with Crippen LogP contribution in [0.25, 0.3) is 0 Å². The van der Waals surface area contributed by atoms with Gasteiger partial charge in [-0.15, -0.1) is 0 Å². The van der Waals surface area contributed by atoms with Crippen molar-refractivity contribution in [3.63, 3.8) is 0 Å². The highest BCUT2D eigenvalue weighted by Gasteiger charge is 2.39. The number of amides is 3. The fraction of sp³-hybridized carbons (Fsp3) is 0.667. The molecule has 2 aliphatic carbocycles. The number of imide groups is 1. The maximum Gasteiger partial charge on any atom is 0.345 e. The Bertz CT molecular complexity index is 995. The summed E-state index contributed by atoms with van der Waals surface area (Å²) < 4.78 is 29.7. The van der Waals surface area contributed by atoms with E-state index in [-0.39, 0.29) is 24.3 Å². The van der Waals surface area contributed by atoms with Crippen LogP contribution in [0.1, 0.15) is 85.7 Å². The van der Waals surface area contributed by atoms with Crippen LogP contribution < -0.4 is 10.6 Å². The van der Waals surface area contributed by atoms with E-state index in [2.05, 4.69) is 16.7 Å². The highest BCUT2D eigenvalue weighted by molar-refractivity contribution is 6.05. The summed E-state index contributed by atoms with van der Waals surface area (Å²) in [4.78, 5) is 38.4. The van der Waals surface area contributed by atoms with Gasteiger partial charge in [0.2, 0.25) is 11.8 Å². The first kappa shape index (κ1) is 25.3. The van der Waals surface area contributed by atoms with Gasteiger partial charge in [0.15, 0.2) is 0 Å². The van der Waals surface area contributed by atoms with E-state index >= 15 is 0 Å². The van der Waals surface area contributed by atoms with Gasteiger partial charge >= 0.3 is 6.61 Å². The van der Waals surface area contributed by atoms with Crippen LogP contribution in [0.15, 0.2) is 18.2 Å². The minimum Gasteiger partial charge on any atom is -0.322 e. The Balaban J connectivity index is 1.20. The Morgan fingerprint density at radius 3 is 2.56 bits per heavy atom. The molecule has 3 atom stereocenters. The summed E-state index contributed by atoms with van der Waals surface area (Å²) in [5.41, 5.74) is 2.78. The molecule has 3 amide bonds. The first-order chi connectivity index (χ1) is 17.4. The van der Waals surface area contributed by atoms with Crippen LogP contribution in [0.3, 0.4) is 0 Å². The number of alkyl halides is 2. The topological polar surface area (TPSA) is 87.7 Å². The predicted octanol–water partition coefficient (Wildman–Crippen LogP) is 3.69. The van der Waals surface area contributed by atoms with Crippen LogP contribution >= 0.6 is 0 Å². The fourth-order valence-corrected chi connectivity index (χ4v) is 6.54. The number of piperidine rings is 1. The highest BCUT2D eigenvalue weighted by atomic mass is 19.3. The molecule has 1 saturated heterocycles. The first-order valence-electron chi connectivity index (χ1n) is 13.3. The average Bonchev–Trinajstić information content (AvgIpc) is 3.16. The molecule has 0 spiro atoms. The molecule has 4 aliphatic rings. The second kappa shape index (κ2) is 10.9. The molecule has 3 fully saturated rings. The predicted molar refractivity (Wildman–Crippen MR) is 128 cm³/mol. The van der Waals surface area contributed by atoms with Gasteiger partial charge in [0.25, 0.3) is 5.91 Å². The molecule has 2 aliphatic heterocycles. The zero-order valence-corrected chi connectivity index (χ0v) is 20.5. The van der Waals surface area contributed by atoms with Crippen LogP contribution in [0.5, 0.6) is 0 Å². The molecule has 9 heteroatoms. The molecule has 2 saturated carbocycles. The summed E-state index contributed by atoms with van der Waals surface area (Å²) in [7, 11) is 0. The number of nitrogens with zero attached hydrogens (tertiary/aromatic N) is 1. The number of nitrogens with one attached hydrogen (secondary N) is 2. The number of carbonyl (C=O) groups is 3. The molecule has 1 aromatic carbocycles. The Hall–Kier alpha value is -2.39. The van der Waals surface area contributed by atoms with Gasteiger partial charge < -0.3 is 15.0 Å². The second-order valence-electron chi connectivity index (χ2n) is 10.8. The summed E-state index contributed by atoms with van der Waals surface area (Å²) in [6.07, 6.45) is 8.90. The molecule has 36 heavy (non-hydrogen) atoms. The number of rotatable bonds is 7. The minimum absolute atomic E-state index is 0.144. The number of fused-ring (bicyclic) bond motifs is 1. The maximum absolute atomic E-state index is 13.0. The van der Waals surface area contributed by atoms with Crippen molar-refractivity contribution in [2.24, 2.45) is 5.92 Å². The minimum atomic E-state index is -2.69. The largest absolute Gasteiger partial charge is 0.345 e. The van der Waals surface area contributed by atoms with Crippen molar-refractivity contribution in [1.29, 1.82) is 0 Å². The van der Waals surface area contributed by atoms with Crippen molar-refractivity contribution in [3.8, 4) is 0 Å². The molecule has 0 unspecified atom stereocenters. The summed E-state index contributed by atoms with van der Waals surface area (Å²) in [5.74, 6) is -0.337. The third-order valence-corrected chi connectivity index (χ3v) is 8.41. The number of benzene rings is 1. The zero-order valence-electron chi connectivity index (χ0n) is 20.5. The number of hydrogen-bond donors (Lipinski definition) is 2. The van der Waals surface area contributed by atoms with Crippen molar-refractivity contribution in [2.75, 3.05) is 0 Å². The Morgan fingerprint density at radius 2 is 1.81 bits per heavy atom. The van der Waals surface area contributed by atoms with E-state index in [0.717, 1.165) is 37.7 Å². The van der Waals surface area contributed by atoms with Crippen LogP contribution in [0.4, 0.5) is 8.78 Å². The van der Waals surface area contributed by atoms with Crippen LogP contribution in [0, 0.1) is 5.92 Å². The third-order valence-electron chi connectivity index (χ3n) is 8.41. The van der Waals surface area contributed by atoms with Gasteiger partial charge in [-0.3, -0.25) is 19.7 Å². The van der Waals surface area contributed by atoms with Gasteiger partial charge in [-0.2, -0.15) is 8.78 Å². The Labute approximate surface area is 210 Å². The average molecular weight is 504 g/mol. The fourth-order valence-electron chi connectivity index (χ4n) is 6.54. The van der Waals surface area contributed by atoms with E-state index in [0.29, 0.717) is 49.4 Å². The molecular formula is C27H35F2N3O4. The van der Waals surface area contributed by atoms with Gasteiger partial charge in [-0.1, -0.05) is 25.0 Å². The van der Waals surface area contributed by atoms with E-state index in [1.54, 1.807) is 4.90 Å². The van der Waals surface area contributed by atoms with Crippen LogP contribution in [-0.4, -0.2) is 53.5 Å². The van der Waals surface area contributed by atoms with E-state index in [4.69, 9.17) is 4.74 Å². The summed E-state index contributed by atoms with van der Waals surface area (Å²) in [5, 5.41) is 6.19. The Kier molecular flexibility index (Phi) is 7.67. The zero-order chi connectivity index (χ0) is 25.2. The summed E-state index contributed by atoms with van der Waals surface area (Å²) in [6, 6.07) is 6.16. The van der Waals surface area contributed by atoms with Gasteiger partial charge in [-0.25, -0.2) is 0 Å². The molecule has 2 heterocycles. The van der Waals surface area contributed by atoms with E-state index in [1.165, 1.54) is 18.4 Å². The summed E-state index contributed by atoms with van der Waals surface area (Å²) in [6.45, 7) is -2.30. The van der Waals surface area contributed by atoms with Crippen LogP contribution in [-0.2, 0) is 27.3 Å². The lowest BCUT2D eigenvalue weighted by molar-refractivity contribution is -0.170. The normalized spacial score (nSPS) is 31.0. The van der Waals surface area contributed by atoms with Gasteiger partial charge in [-0.05, 0) is 74.5 Å². The van der Waals surface area contributed by atoms with E-state index in [1.807, 2.05) is 12.1 Å². The number of ether oxygens (including phenoxy) is 1. The van der Waals surface area contributed by atoms with E-state index < -0.39 is 18.6 Å². The molecule has 0 radical (unpaired) electrons. The molecule has 1 aromatic rings. The van der Waals surface area contributed by atoms with Crippen molar-refractivity contribution in [2.45, 2.75) is 108 Å². The Morgan fingerprint density at radius 1 is 1.03 bits per heavy atom. The molecular weight excluding hydrogens is 468 g/mol. The smallest absolute Gasteiger partial charge is 0.322 e. The molecule has 0 bridgehead atoms. The van der Waals surface area contributed by atoms with Crippen molar-refractivity contribution < 1.29 is 27.9 Å². The molecule has 0 aromatic heterocycles. The van der Waals surface area contributed by atoms with Gasteiger partial charge in [0.1, 0.15) is 6.04 Å². The van der Waals surface area contributed by atoms with Crippen molar-refractivity contribution in [1.82, 2.24) is 15.5 Å². The molecule has 196 valence electrons. The number of halogens is 2. The quantitative estimate of drug-likeness (QED) is 0.555. The molecule has 2 N–H and O–H groups in total. The SMILES string of the molecule is O=C1CC[C@H](N2Cc3cc(C[C@H]4CCCC[C@@H]4NC4CCC(OC(F)F)CC4)ccc3C2=O)C(=O)N1. The first-order valence-corrected chi connectivity index (χ1v) is 13.3. The lowest BCUT2D eigenvalue weighted by Crippen LogP contribution is -2.52. The van der Waals surface area contributed by atoms with Crippen LogP contribution in [0.2, 0.25) is 0 Å². The van der Waals surface area contributed by atoms with Gasteiger partial charge in [0.05, 0.1) is 6.10 Å². The molecule has 5 rings (SSSR count). The highest BCUT2D eigenvalue weighted by Crippen LogP contribution is 2.33. The van der Waals surface area contributed by atoms with Crippen molar-refractivity contribution in [3.05, 3.63) is 34.9 Å². The lowest BCUT2D eigenvalue weighted by atomic mass is 9.79. The monoisotopic (exact) mass is 503 g/mol.